The van der Waals surface area contributed by atoms with E-state index in [4.69, 9.17) is 16.6 Å². The molecular weight excluding hydrogens is 680 g/mol. The van der Waals surface area contributed by atoms with E-state index in [0.717, 1.165) is 12.1 Å². The van der Waals surface area contributed by atoms with Crippen LogP contribution in [0.5, 0.6) is 0 Å². The van der Waals surface area contributed by atoms with Gasteiger partial charge in [0.15, 0.2) is 5.82 Å². The van der Waals surface area contributed by atoms with E-state index in [1.54, 1.807) is 4.90 Å². The van der Waals surface area contributed by atoms with Gasteiger partial charge >= 0.3 is 12.4 Å². The highest BCUT2D eigenvalue weighted by Gasteiger charge is 2.40. The van der Waals surface area contributed by atoms with E-state index in [0.29, 0.717) is 66.6 Å². The van der Waals surface area contributed by atoms with Crippen molar-refractivity contribution in [2.75, 3.05) is 34.3 Å². The molecule has 5 rings (SSSR count). The summed E-state index contributed by atoms with van der Waals surface area (Å²) in [6.07, 6.45) is -3.55. The van der Waals surface area contributed by atoms with Crippen LogP contribution < -0.4 is 14.7 Å². The summed E-state index contributed by atoms with van der Waals surface area (Å²) in [4.78, 5) is 23.4. The third kappa shape index (κ3) is 7.31. The lowest BCUT2D eigenvalue weighted by Crippen LogP contribution is -2.39. The van der Waals surface area contributed by atoms with Crippen LogP contribution in [0.25, 0.3) is 0 Å². The fourth-order valence-corrected chi connectivity index (χ4v) is 6.06. The number of nitrogens with zero attached hydrogens (tertiary/aromatic N) is 7. The second-order valence-corrected chi connectivity index (χ2v) is 12.2. The number of hydrogen-bond acceptors (Lipinski definition) is 8. The van der Waals surface area contributed by atoms with E-state index in [9.17, 15) is 31.4 Å². The van der Waals surface area contributed by atoms with Crippen molar-refractivity contribution < 1.29 is 31.4 Å². The lowest BCUT2D eigenvalue weighted by Gasteiger charge is -2.32. The van der Waals surface area contributed by atoms with Crippen LogP contribution in [-0.4, -0.2) is 62.9 Å². The molecule has 2 fully saturated rings. The van der Waals surface area contributed by atoms with Gasteiger partial charge in [0.05, 0.1) is 33.9 Å². The first-order valence-electron chi connectivity index (χ1n) is 14.0. The zero-order chi connectivity index (χ0) is 31.8. The van der Waals surface area contributed by atoms with Gasteiger partial charge in [-0.25, -0.2) is 15.0 Å². The topological polar surface area (TPSA) is 81.5 Å². The second kappa shape index (κ2) is 12.8. The van der Waals surface area contributed by atoms with Gasteiger partial charge in [-0.15, -0.1) is 0 Å². The van der Waals surface area contributed by atoms with Crippen molar-refractivity contribution >= 4 is 45.2 Å². The molecule has 0 saturated carbocycles. The molecule has 0 aliphatic carbocycles. The normalized spacial score (nSPS) is 20.0. The summed E-state index contributed by atoms with van der Waals surface area (Å²) in [7, 11) is 0. The molecular formula is C28H29BrClF6N7O. The molecule has 8 nitrogen and oxygen atoms in total. The molecule has 44 heavy (non-hydrogen) atoms. The molecule has 1 N–H and O–H groups in total. The van der Waals surface area contributed by atoms with Crippen LogP contribution in [0.15, 0.2) is 41.3 Å². The van der Waals surface area contributed by atoms with E-state index in [-0.39, 0.29) is 36.3 Å². The molecule has 2 atom stereocenters. The van der Waals surface area contributed by atoms with Crippen molar-refractivity contribution in [1.82, 2.24) is 19.9 Å². The monoisotopic (exact) mass is 707 g/mol. The number of aromatic nitrogens is 4. The number of anilines is 3. The Labute approximate surface area is 263 Å². The Balaban J connectivity index is 1.50. The SMILES string of the molecule is CC[C@@H]1C[C@H](N(Cc2cc(C(F)(F)F)cc(C(F)(F)F)c2)c2ncc(Br)cn2)CN1c1nc(N2CCC(O)CC2)ncc1Cl. The number of alkyl halides is 6. The fraction of sp³-hybridized carbons (Fsp3) is 0.500. The summed E-state index contributed by atoms with van der Waals surface area (Å²) >= 11 is 9.86. The van der Waals surface area contributed by atoms with Crippen LogP contribution >= 0.6 is 27.5 Å². The van der Waals surface area contributed by atoms with Crippen LogP contribution in [0.3, 0.4) is 0 Å². The van der Waals surface area contributed by atoms with Crippen LogP contribution in [0, 0.1) is 0 Å². The zero-order valence-corrected chi connectivity index (χ0v) is 25.8. The molecule has 0 bridgehead atoms. The Kier molecular flexibility index (Phi) is 9.47. The highest BCUT2D eigenvalue weighted by molar-refractivity contribution is 9.10. The number of halogens is 8. The summed E-state index contributed by atoms with van der Waals surface area (Å²) < 4.78 is 82.4. The third-order valence-electron chi connectivity index (χ3n) is 7.90. The third-order valence-corrected chi connectivity index (χ3v) is 8.58. The smallest absolute Gasteiger partial charge is 0.393 e. The Morgan fingerprint density at radius 2 is 1.59 bits per heavy atom. The van der Waals surface area contributed by atoms with E-state index >= 15 is 0 Å². The van der Waals surface area contributed by atoms with Crippen molar-refractivity contribution in [3.63, 3.8) is 0 Å². The highest BCUT2D eigenvalue weighted by Crippen LogP contribution is 2.39. The van der Waals surface area contributed by atoms with Gasteiger partial charge in [-0.05, 0) is 65.4 Å². The van der Waals surface area contributed by atoms with Crippen molar-refractivity contribution in [3.8, 4) is 0 Å². The first-order chi connectivity index (χ1) is 20.7. The van der Waals surface area contributed by atoms with Gasteiger partial charge in [-0.2, -0.15) is 31.3 Å². The summed E-state index contributed by atoms with van der Waals surface area (Å²) in [5, 5.41) is 10.2. The van der Waals surface area contributed by atoms with Crippen molar-refractivity contribution in [1.29, 1.82) is 0 Å². The molecule has 16 heteroatoms. The van der Waals surface area contributed by atoms with Crippen molar-refractivity contribution in [3.05, 3.63) is 63.0 Å². The highest BCUT2D eigenvalue weighted by atomic mass is 79.9. The number of benzene rings is 1. The standard InChI is InChI=1S/C28H29BrClF6N7O/c1-2-20-10-21(15-42(20)24-23(30)13-39-26(40-24)41-5-3-22(44)4-6-41)43(25-37-11-19(29)12-38-25)14-16-7-17(27(31,32)33)9-18(8-16)28(34,35)36/h7-9,11-13,20-22,44H,2-6,10,14-15H2,1H3/t20-,21+/m1/s1. The van der Waals surface area contributed by atoms with Crippen LogP contribution in [0.4, 0.5) is 44.1 Å². The molecule has 2 saturated heterocycles. The predicted octanol–water partition coefficient (Wildman–Crippen LogP) is 6.75. The van der Waals surface area contributed by atoms with Crippen molar-refractivity contribution in [2.45, 2.75) is 69.7 Å². The minimum Gasteiger partial charge on any atom is -0.393 e. The van der Waals surface area contributed by atoms with Gasteiger partial charge in [0, 0.05) is 44.6 Å². The van der Waals surface area contributed by atoms with Crippen LogP contribution in [0.2, 0.25) is 5.02 Å². The van der Waals surface area contributed by atoms with E-state index in [1.807, 2.05) is 16.7 Å². The molecule has 3 aromatic rings. The van der Waals surface area contributed by atoms with E-state index < -0.39 is 29.5 Å². The maximum absolute atomic E-state index is 13.6. The molecule has 2 aliphatic rings. The average Bonchev–Trinajstić information content (AvgIpc) is 3.40. The maximum Gasteiger partial charge on any atom is 0.416 e. The van der Waals surface area contributed by atoms with Crippen LogP contribution in [-0.2, 0) is 18.9 Å². The summed E-state index contributed by atoms with van der Waals surface area (Å²) in [5.74, 6) is 1.10. The number of rotatable bonds is 7. The quantitative estimate of drug-likeness (QED) is 0.271. The van der Waals surface area contributed by atoms with Gasteiger partial charge in [0.1, 0.15) is 5.02 Å². The van der Waals surface area contributed by atoms with Gasteiger partial charge < -0.3 is 19.8 Å². The number of hydrogen-bond donors (Lipinski definition) is 1. The zero-order valence-electron chi connectivity index (χ0n) is 23.5. The predicted molar refractivity (Wildman–Crippen MR) is 157 cm³/mol. The van der Waals surface area contributed by atoms with Gasteiger partial charge in [-0.1, -0.05) is 18.5 Å². The molecule has 0 spiro atoms. The van der Waals surface area contributed by atoms with Gasteiger partial charge in [0.2, 0.25) is 11.9 Å². The Bertz CT molecular complexity index is 1420. The molecule has 1 aromatic carbocycles. The minimum absolute atomic E-state index is 0.103. The largest absolute Gasteiger partial charge is 0.416 e. The molecule has 238 valence electrons. The maximum atomic E-state index is 13.6. The van der Waals surface area contributed by atoms with E-state index in [1.165, 1.54) is 18.6 Å². The first kappa shape index (κ1) is 32.5. The van der Waals surface area contributed by atoms with E-state index in [2.05, 4.69) is 30.9 Å². The summed E-state index contributed by atoms with van der Waals surface area (Å²) in [6.45, 7) is 3.13. The second-order valence-electron chi connectivity index (χ2n) is 10.9. The van der Waals surface area contributed by atoms with Gasteiger partial charge in [-0.3, -0.25) is 0 Å². The first-order valence-corrected chi connectivity index (χ1v) is 15.1. The molecule has 2 aliphatic heterocycles. The summed E-state index contributed by atoms with van der Waals surface area (Å²) in [5.41, 5.74) is -2.95. The lowest BCUT2D eigenvalue weighted by atomic mass is 10.0. The van der Waals surface area contributed by atoms with Gasteiger partial charge in [0.25, 0.3) is 0 Å². The average molecular weight is 709 g/mol. The van der Waals surface area contributed by atoms with Crippen LogP contribution in [0.1, 0.15) is 49.3 Å². The Morgan fingerprint density at radius 3 is 2.16 bits per heavy atom. The molecule has 0 unspecified atom stereocenters. The summed E-state index contributed by atoms with van der Waals surface area (Å²) in [6, 6.07) is 1.06. The van der Waals surface area contributed by atoms with Crippen molar-refractivity contribution in [2.24, 2.45) is 0 Å². The minimum atomic E-state index is -4.97. The number of aliphatic hydroxyl groups excluding tert-OH is 1. The molecule has 4 heterocycles. The Morgan fingerprint density at radius 1 is 0.977 bits per heavy atom. The molecule has 0 amide bonds. The Hall–Kier alpha value is -2.91. The molecule has 2 aromatic heterocycles. The number of aliphatic hydroxyl groups is 1. The molecule has 0 radical (unpaired) electrons. The lowest BCUT2D eigenvalue weighted by molar-refractivity contribution is -0.143. The fourth-order valence-electron chi connectivity index (χ4n) is 5.66. The number of piperidine rings is 1.